The quantitative estimate of drug-likeness (QED) is 0.748. The molecule has 0 unspecified atom stereocenters. The third-order valence-electron chi connectivity index (χ3n) is 3.80. The topological polar surface area (TPSA) is 44.9 Å². The Kier molecular flexibility index (Phi) is 4.16. The Labute approximate surface area is 134 Å². The number of H-pyrrole nitrogens is 1. The summed E-state index contributed by atoms with van der Waals surface area (Å²) in [6, 6.07) is 13.5. The second kappa shape index (κ2) is 6.24. The smallest absolute Gasteiger partial charge is 0.251 e. The number of aromatic nitrogens is 1. The molecule has 0 aliphatic carbocycles. The van der Waals surface area contributed by atoms with Gasteiger partial charge in [-0.05, 0) is 42.7 Å². The number of halogens is 1. The van der Waals surface area contributed by atoms with Crippen LogP contribution in [0.25, 0.3) is 10.9 Å². The Hall–Kier alpha value is -2.26. The minimum atomic E-state index is -0.0835. The zero-order chi connectivity index (χ0) is 15.5. The standard InChI is InChI=1S/C18H17ClN2O/c1-12-6-7-14(19)10-16(12)18(22)20-9-8-13-11-21-17-5-3-2-4-15(13)17/h2-7,10-11,21H,8-9H2,1H3,(H,20,22). The summed E-state index contributed by atoms with van der Waals surface area (Å²) in [6.45, 7) is 2.50. The van der Waals surface area contributed by atoms with Crippen LogP contribution in [-0.2, 0) is 6.42 Å². The predicted octanol–water partition coefficient (Wildman–Crippen LogP) is 4.10. The van der Waals surface area contributed by atoms with Crippen molar-refractivity contribution in [2.45, 2.75) is 13.3 Å². The van der Waals surface area contributed by atoms with Crippen molar-refractivity contribution in [3.8, 4) is 0 Å². The van der Waals surface area contributed by atoms with Crippen molar-refractivity contribution in [3.05, 3.63) is 70.4 Å². The van der Waals surface area contributed by atoms with Crippen LogP contribution in [0.15, 0.2) is 48.7 Å². The third kappa shape index (κ3) is 3.00. The van der Waals surface area contributed by atoms with Crippen LogP contribution < -0.4 is 5.32 Å². The zero-order valence-electron chi connectivity index (χ0n) is 12.3. The maximum absolute atomic E-state index is 12.2. The van der Waals surface area contributed by atoms with Crippen LogP contribution in [0.4, 0.5) is 0 Å². The zero-order valence-corrected chi connectivity index (χ0v) is 13.1. The maximum Gasteiger partial charge on any atom is 0.251 e. The van der Waals surface area contributed by atoms with Gasteiger partial charge in [0.1, 0.15) is 0 Å². The van der Waals surface area contributed by atoms with Gasteiger partial charge in [0, 0.05) is 34.2 Å². The van der Waals surface area contributed by atoms with Crippen molar-refractivity contribution in [1.29, 1.82) is 0 Å². The summed E-state index contributed by atoms with van der Waals surface area (Å²) in [6.07, 6.45) is 2.79. The highest BCUT2D eigenvalue weighted by molar-refractivity contribution is 6.31. The number of aromatic amines is 1. The van der Waals surface area contributed by atoms with Crippen molar-refractivity contribution >= 4 is 28.4 Å². The SMILES string of the molecule is Cc1ccc(Cl)cc1C(=O)NCCc1c[nH]c2ccccc12. The molecule has 3 aromatic rings. The number of hydrogen-bond donors (Lipinski definition) is 2. The number of amides is 1. The van der Waals surface area contributed by atoms with E-state index in [1.54, 1.807) is 12.1 Å². The molecule has 0 aliphatic heterocycles. The Morgan fingerprint density at radius 3 is 2.91 bits per heavy atom. The number of carbonyl (C=O) groups is 1. The number of hydrogen-bond acceptors (Lipinski definition) is 1. The van der Waals surface area contributed by atoms with Crippen LogP contribution >= 0.6 is 11.6 Å². The number of para-hydroxylation sites is 1. The largest absolute Gasteiger partial charge is 0.361 e. The molecule has 1 amide bonds. The van der Waals surface area contributed by atoms with Crippen molar-refractivity contribution in [2.75, 3.05) is 6.54 Å². The highest BCUT2D eigenvalue weighted by Crippen LogP contribution is 2.18. The van der Waals surface area contributed by atoms with E-state index in [4.69, 9.17) is 11.6 Å². The van der Waals surface area contributed by atoms with E-state index in [-0.39, 0.29) is 5.91 Å². The highest BCUT2D eigenvalue weighted by atomic mass is 35.5. The summed E-state index contributed by atoms with van der Waals surface area (Å²) in [4.78, 5) is 15.5. The fraction of sp³-hybridized carbons (Fsp3) is 0.167. The van der Waals surface area contributed by atoms with E-state index in [2.05, 4.69) is 16.4 Å². The fourth-order valence-electron chi connectivity index (χ4n) is 2.58. The van der Waals surface area contributed by atoms with Crippen LogP contribution in [0.1, 0.15) is 21.5 Å². The van der Waals surface area contributed by atoms with Crippen molar-refractivity contribution in [3.63, 3.8) is 0 Å². The maximum atomic E-state index is 12.2. The molecule has 3 nitrogen and oxygen atoms in total. The summed E-state index contributed by atoms with van der Waals surface area (Å²) < 4.78 is 0. The minimum absolute atomic E-state index is 0.0835. The molecule has 0 fully saturated rings. The van der Waals surface area contributed by atoms with Crippen LogP contribution in [0.5, 0.6) is 0 Å². The highest BCUT2D eigenvalue weighted by Gasteiger charge is 2.09. The number of benzene rings is 2. The number of rotatable bonds is 4. The van der Waals surface area contributed by atoms with Gasteiger partial charge in [0.05, 0.1) is 0 Å². The first kappa shape index (κ1) is 14.7. The molecule has 112 valence electrons. The lowest BCUT2D eigenvalue weighted by Gasteiger charge is -2.08. The second-order valence-electron chi connectivity index (χ2n) is 5.32. The summed E-state index contributed by atoms with van der Waals surface area (Å²) in [5, 5.41) is 4.74. The first-order valence-corrected chi connectivity index (χ1v) is 7.62. The second-order valence-corrected chi connectivity index (χ2v) is 5.76. The third-order valence-corrected chi connectivity index (χ3v) is 4.03. The lowest BCUT2D eigenvalue weighted by Crippen LogP contribution is -2.26. The molecule has 1 aromatic heterocycles. The van der Waals surface area contributed by atoms with Gasteiger partial charge in [-0.15, -0.1) is 0 Å². The molecule has 1 heterocycles. The molecule has 0 aliphatic rings. The lowest BCUT2D eigenvalue weighted by molar-refractivity contribution is 0.0953. The average Bonchev–Trinajstić information content (AvgIpc) is 2.93. The Morgan fingerprint density at radius 1 is 1.23 bits per heavy atom. The van der Waals surface area contributed by atoms with Crippen LogP contribution in [-0.4, -0.2) is 17.4 Å². The van der Waals surface area contributed by atoms with E-state index in [1.807, 2.05) is 37.4 Å². The molecule has 0 bridgehead atoms. The fourth-order valence-corrected chi connectivity index (χ4v) is 2.76. The predicted molar refractivity (Wildman–Crippen MR) is 90.5 cm³/mol. The molecular weight excluding hydrogens is 296 g/mol. The summed E-state index contributed by atoms with van der Waals surface area (Å²) in [7, 11) is 0. The Morgan fingerprint density at radius 2 is 2.05 bits per heavy atom. The van der Waals surface area contributed by atoms with Gasteiger partial charge in [-0.3, -0.25) is 4.79 Å². The van der Waals surface area contributed by atoms with Crippen molar-refractivity contribution in [1.82, 2.24) is 10.3 Å². The first-order chi connectivity index (χ1) is 10.6. The number of aryl methyl sites for hydroxylation is 1. The van der Waals surface area contributed by atoms with E-state index in [0.29, 0.717) is 17.1 Å². The van der Waals surface area contributed by atoms with Crippen LogP contribution in [0, 0.1) is 6.92 Å². The lowest BCUT2D eigenvalue weighted by atomic mass is 10.1. The van der Waals surface area contributed by atoms with Crippen LogP contribution in [0.3, 0.4) is 0 Å². The van der Waals surface area contributed by atoms with Crippen molar-refractivity contribution in [2.24, 2.45) is 0 Å². The monoisotopic (exact) mass is 312 g/mol. The molecule has 0 saturated carbocycles. The first-order valence-electron chi connectivity index (χ1n) is 7.24. The normalized spacial score (nSPS) is 10.8. The molecular formula is C18H17ClN2O. The van der Waals surface area contributed by atoms with Gasteiger partial charge in [0.15, 0.2) is 0 Å². The summed E-state index contributed by atoms with van der Waals surface area (Å²) >= 11 is 5.96. The molecule has 2 aromatic carbocycles. The van der Waals surface area contributed by atoms with Gasteiger partial charge in [0.2, 0.25) is 0 Å². The van der Waals surface area contributed by atoms with E-state index in [0.717, 1.165) is 17.5 Å². The minimum Gasteiger partial charge on any atom is -0.361 e. The Balaban J connectivity index is 1.65. The average molecular weight is 313 g/mol. The van der Waals surface area contributed by atoms with Gasteiger partial charge >= 0.3 is 0 Å². The molecule has 4 heteroatoms. The number of fused-ring (bicyclic) bond motifs is 1. The molecule has 0 spiro atoms. The molecule has 3 rings (SSSR count). The summed E-state index contributed by atoms with van der Waals surface area (Å²) in [5.41, 5.74) is 3.88. The number of nitrogens with one attached hydrogen (secondary N) is 2. The van der Waals surface area contributed by atoms with Gasteiger partial charge in [-0.1, -0.05) is 35.9 Å². The van der Waals surface area contributed by atoms with Crippen molar-refractivity contribution < 1.29 is 4.79 Å². The Bertz CT molecular complexity index is 823. The molecule has 0 atom stereocenters. The van der Waals surface area contributed by atoms with Gasteiger partial charge < -0.3 is 10.3 Å². The van der Waals surface area contributed by atoms with E-state index in [1.165, 1.54) is 10.9 Å². The van der Waals surface area contributed by atoms with Crippen LogP contribution in [0.2, 0.25) is 5.02 Å². The van der Waals surface area contributed by atoms with Gasteiger partial charge in [-0.2, -0.15) is 0 Å². The van der Waals surface area contributed by atoms with E-state index in [9.17, 15) is 4.79 Å². The van der Waals surface area contributed by atoms with Gasteiger partial charge in [0.25, 0.3) is 5.91 Å². The molecule has 22 heavy (non-hydrogen) atoms. The summed E-state index contributed by atoms with van der Waals surface area (Å²) in [5.74, 6) is -0.0835. The van der Waals surface area contributed by atoms with E-state index < -0.39 is 0 Å². The van der Waals surface area contributed by atoms with Gasteiger partial charge in [-0.25, -0.2) is 0 Å². The molecule has 2 N–H and O–H groups in total. The number of carbonyl (C=O) groups excluding carboxylic acids is 1. The van der Waals surface area contributed by atoms with E-state index >= 15 is 0 Å². The molecule has 0 radical (unpaired) electrons. The molecule has 0 saturated heterocycles.